The van der Waals surface area contributed by atoms with E-state index in [0.717, 1.165) is 0 Å². The average Bonchev–Trinajstić information content (AvgIpc) is 2.66. The van der Waals surface area contributed by atoms with Gasteiger partial charge in [0.15, 0.2) is 0 Å². The van der Waals surface area contributed by atoms with Gasteiger partial charge in [-0.1, -0.05) is 6.92 Å². The van der Waals surface area contributed by atoms with Gasteiger partial charge in [0.25, 0.3) is 0 Å². The molecule has 6 nitrogen and oxygen atoms in total. The summed E-state index contributed by atoms with van der Waals surface area (Å²) in [7, 11) is 0. The molecule has 1 fully saturated rings. The van der Waals surface area contributed by atoms with Crippen molar-refractivity contribution in [3.8, 4) is 0 Å². The van der Waals surface area contributed by atoms with Crippen LogP contribution in [0.5, 0.6) is 0 Å². The first-order valence-corrected chi connectivity index (χ1v) is 6.29. The molecular formula is C12H22N2O4. The van der Waals surface area contributed by atoms with Gasteiger partial charge >= 0.3 is 12.0 Å². The summed E-state index contributed by atoms with van der Waals surface area (Å²) in [5, 5.41) is 11.7. The molecule has 0 saturated carbocycles. The number of carbonyl (C=O) groups is 2. The molecule has 6 heteroatoms. The van der Waals surface area contributed by atoms with Gasteiger partial charge in [-0.05, 0) is 19.8 Å². The number of rotatable bonds is 5. The van der Waals surface area contributed by atoms with Gasteiger partial charge in [0, 0.05) is 19.6 Å². The summed E-state index contributed by atoms with van der Waals surface area (Å²) in [6.07, 6.45) is 0.144. The molecule has 104 valence electrons. The van der Waals surface area contributed by atoms with Crippen molar-refractivity contribution in [1.82, 2.24) is 10.2 Å². The van der Waals surface area contributed by atoms with Crippen LogP contribution in [0, 0.1) is 11.8 Å². The second-order valence-electron chi connectivity index (χ2n) is 4.98. The molecule has 0 bridgehead atoms. The van der Waals surface area contributed by atoms with E-state index >= 15 is 0 Å². The molecular weight excluding hydrogens is 236 g/mol. The zero-order valence-electron chi connectivity index (χ0n) is 11.2. The van der Waals surface area contributed by atoms with E-state index in [2.05, 4.69) is 5.32 Å². The molecule has 2 amide bonds. The van der Waals surface area contributed by atoms with Gasteiger partial charge in [0.1, 0.15) is 0 Å². The van der Waals surface area contributed by atoms with Crippen LogP contribution in [0.3, 0.4) is 0 Å². The maximum Gasteiger partial charge on any atom is 0.317 e. The molecule has 1 aliphatic heterocycles. The minimum absolute atomic E-state index is 0.000152. The fourth-order valence-electron chi connectivity index (χ4n) is 2.02. The number of urea groups is 1. The number of ether oxygens (including phenoxy) is 1. The smallest absolute Gasteiger partial charge is 0.317 e. The lowest BCUT2D eigenvalue weighted by molar-refractivity contribution is -0.142. The summed E-state index contributed by atoms with van der Waals surface area (Å²) in [6, 6.07) is -0.210. The second kappa shape index (κ2) is 6.58. The molecule has 2 atom stereocenters. The van der Waals surface area contributed by atoms with Crippen LogP contribution in [-0.2, 0) is 9.53 Å². The standard InChI is InChI=1S/C12H22N2O4/c1-8(2)18-5-4-13-12(17)14-6-9(3)10(7-14)11(15)16/h8-10H,4-7H2,1-3H3,(H,13,17)(H,15,16)/t9-,10-/m1/s1. The van der Waals surface area contributed by atoms with Gasteiger partial charge < -0.3 is 20.1 Å². The van der Waals surface area contributed by atoms with E-state index in [-0.39, 0.29) is 24.6 Å². The minimum Gasteiger partial charge on any atom is -0.481 e. The number of nitrogens with zero attached hydrogens (tertiary/aromatic N) is 1. The monoisotopic (exact) mass is 258 g/mol. The van der Waals surface area contributed by atoms with Crippen molar-refractivity contribution in [2.75, 3.05) is 26.2 Å². The lowest BCUT2D eigenvalue weighted by Crippen LogP contribution is -2.40. The molecule has 18 heavy (non-hydrogen) atoms. The molecule has 0 aliphatic carbocycles. The third kappa shape index (κ3) is 4.18. The quantitative estimate of drug-likeness (QED) is 0.714. The summed E-state index contributed by atoms with van der Waals surface area (Å²) in [4.78, 5) is 24.3. The first-order chi connectivity index (χ1) is 8.41. The Morgan fingerprint density at radius 3 is 2.61 bits per heavy atom. The molecule has 0 spiro atoms. The van der Waals surface area contributed by atoms with Crippen molar-refractivity contribution in [3.63, 3.8) is 0 Å². The minimum atomic E-state index is -0.832. The van der Waals surface area contributed by atoms with E-state index in [1.54, 1.807) is 4.90 Å². The highest BCUT2D eigenvalue weighted by molar-refractivity contribution is 5.77. The number of hydrogen-bond acceptors (Lipinski definition) is 3. The zero-order valence-corrected chi connectivity index (χ0v) is 11.2. The number of carbonyl (C=O) groups excluding carboxylic acids is 1. The molecule has 0 radical (unpaired) electrons. The molecule has 1 saturated heterocycles. The first kappa shape index (κ1) is 14.8. The highest BCUT2D eigenvalue weighted by Crippen LogP contribution is 2.22. The Balaban J connectivity index is 2.29. The van der Waals surface area contributed by atoms with E-state index < -0.39 is 11.9 Å². The van der Waals surface area contributed by atoms with Crippen molar-refractivity contribution < 1.29 is 19.4 Å². The van der Waals surface area contributed by atoms with Crippen molar-refractivity contribution >= 4 is 12.0 Å². The van der Waals surface area contributed by atoms with E-state index in [0.29, 0.717) is 19.7 Å². The number of carboxylic acid groups (broad SMARTS) is 1. The predicted octanol–water partition coefficient (Wildman–Crippen LogP) is 0.773. The first-order valence-electron chi connectivity index (χ1n) is 6.29. The lowest BCUT2D eigenvalue weighted by atomic mass is 9.99. The molecule has 1 rings (SSSR count). The highest BCUT2D eigenvalue weighted by Gasteiger charge is 2.36. The normalized spacial score (nSPS) is 23.4. The summed E-state index contributed by atoms with van der Waals surface area (Å²) in [5.74, 6) is -1.29. The number of hydrogen-bond donors (Lipinski definition) is 2. The third-order valence-corrected chi connectivity index (χ3v) is 3.05. The van der Waals surface area contributed by atoms with E-state index in [1.807, 2.05) is 20.8 Å². The van der Waals surface area contributed by atoms with Gasteiger partial charge in [0.05, 0.1) is 18.6 Å². The Morgan fingerprint density at radius 1 is 1.44 bits per heavy atom. The topological polar surface area (TPSA) is 78.9 Å². The number of amides is 2. The van der Waals surface area contributed by atoms with Gasteiger partial charge in [-0.3, -0.25) is 4.79 Å². The lowest BCUT2D eigenvalue weighted by Gasteiger charge is -2.17. The SMILES string of the molecule is CC(C)OCCNC(=O)N1C[C@@H](C)[C@H](C(=O)O)C1. The molecule has 0 aromatic heterocycles. The Bertz CT molecular complexity index is 306. The van der Waals surface area contributed by atoms with Crippen LogP contribution in [0.1, 0.15) is 20.8 Å². The van der Waals surface area contributed by atoms with Crippen LogP contribution in [0.25, 0.3) is 0 Å². The zero-order chi connectivity index (χ0) is 13.7. The maximum absolute atomic E-state index is 11.8. The maximum atomic E-state index is 11.8. The average molecular weight is 258 g/mol. The number of nitrogens with one attached hydrogen (secondary N) is 1. The van der Waals surface area contributed by atoms with Crippen molar-refractivity contribution in [1.29, 1.82) is 0 Å². The second-order valence-corrected chi connectivity index (χ2v) is 4.98. The molecule has 0 aromatic rings. The summed E-state index contributed by atoms with van der Waals surface area (Å²) in [6.45, 7) is 7.41. The van der Waals surface area contributed by atoms with E-state index in [1.165, 1.54) is 0 Å². The highest BCUT2D eigenvalue weighted by atomic mass is 16.5. The van der Waals surface area contributed by atoms with Crippen LogP contribution in [0.15, 0.2) is 0 Å². The molecule has 0 aromatic carbocycles. The number of likely N-dealkylation sites (tertiary alicyclic amines) is 1. The molecule has 2 N–H and O–H groups in total. The molecule has 0 unspecified atom stereocenters. The van der Waals surface area contributed by atoms with Crippen molar-refractivity contribution in [3.05, 3.63) is 0 Å². The fourth-order valence-corrected chi connectivity index (χ4v) is 2.02. The summed E-state index contributed by atoms with van der Waals surface area (Å²) in [5.41, 5.74) is 0. The predicted molar refractivity (Wildman–Crippen MR) is 66.3 cm³/mol. The van der Waals surface area contributed by atoms with Crippen molar-refractivity contribution in [2.24, 2.45) is 11.8 Å². The van der Waals surface area contributed by atoms with Gasteiger partial charge in [-0.25, -0.2) is 4.79 Å². The van der Waals surface area contributed by atoms with Gasteiger partial charge in [-0.15, -0.1) is 0 Å². The van der Waals surface area contributed by atoms with Crippen LogP contribution in [0.4, 0.5) is 4.79 Å². The van der Waals surface area contributed by atoms with Gasteiger partial charge in [0.2, 0.25) is 0 Å². The largest absolute Gasteiger partial charge is 0.481 e. The van der Waals surface area contributed by atoms with Crippen LogP contribution >= 0.6 is 0 Å². The van der Waals surface area contributed by atoms with E-state index in [4.69, 9.17) is 9.84 Å². The Kier molecular flexibility index (Phi) is 5.40. The molecule has 1 heterocycles. The van der Waals surface area contributed by atoms with Crippen LogP contribution < -0.4 is 5.32 Å². The van der Waals surface area contributed by atoms with Gasteiger partial charge in [-0.2, -0.15) is 0 Å². The van der Waals surface area contributed by atoms with Crippen LogP contribution in [0.2, 0.25) is 0 Å². The van der Waals surface area contributed by atoms with Crippen LogP contribution in [-0.4, -0.2) is 54.4 Å². The summed E-state index contributed by atoms with van der Waals surface area (Å²) < 4.78 is 5.31. The third-order valence-electron chi connectivity index (χ3n) is 3.05. The number of carboxylic acids is 1. The van der Waals surface area contributed by atoms with E-state index in [9.17, 15) is 9.59 Å². The van der Waals surface area contributed by atoms with Crippen molar-refractivity contribution in [2.45, 2.75) is 26.9 Å². The number of aliphatic carboxylic acids is 1. The fraction of sp³-hybridized carbons (Fsp3) is 0.833. The summed E-state index contributed by atoms with van der Waals surface area (Å²) >= 11 is 0. The Hall–Kier alpha value is -1.30. The Morgan fingerprint density at radius 2 is 2.11 bits per heavy atom. The Labute approximate surface area is 107 Å². The molecule has 1 aliphatic rings.